The highest BCUT2D eigenvalue weighted by Gasteiger charge is 2.19. The van der Waals surface area contributed by atoms with Crippen molar-refractivity contribution in [1.29, 1.82) is 0 Å². The highest BCUT2D eigenvalue weighted by molar-refractivity contribution is 6.33. The fourth-order valence-electron chi connectivity index (χ4n) is 2.63. The van der Waals surface area contributed by atoms with Crippen LogP contribution < -0.4 is 4.74 Å². The second kappa shape index (κ2) is 5.80. The minimum absolute atomic E-state index is 0.655. The molecule has 20 heavy (non-hydrogen) atoms. The highest BCUT2D eigenvalue weighted by Crippen LogP contribution is 2.39. The molecule has 3 rings (SSSR count). The number of furan rings is 1. The Hall–Kier alpha value is -1.61. The van der Waals surface area contributed by atoms with Crippen LogP contribution in [0.1, 0.15) is 37.9 Å². The van der Waals surface area contributed by atoms with E-state index in [9.17, 15) is 0 Å². The molecule has 2 aromatic heterocycles. The Morgan fingerprint density at radius 1 is 1.30 bits per heavy atom. The van der Waals surface area contributed by atoms with Gasteiger partial charge in [0, 0.05) is 12.3 Å². The highest BCUT2D eigenvalue weighted by atomic mass is 35.5. The van der Waals surface area contributed by atoms with Crippen molar-refractivity contribution in [2.75, 3.05) is 7.11 Å². The van der Waals surface area contributed by atoms with Crippen LogP contribution in [-0.2, 0) is 0 Å². The van der Waals surface area contributed by atoms with Crippen LogP contribution in [0.5, 0.6) is 5.75 Å². The number of halogens is 1. The zero-order chi connectivity index (χ0) is 13.9. The van der Waals surface area contributed by atoms with Crippen molar-refractivity contribution in [1.82, 2.24) is 4.98 Å². The Morgan fingerprint density at radius 2 is 2.20 bits per heavy atom. The third-order valence-electron chi connectivity index (χ3n) is 3.69. The van der Waals surface area contributed by atoms with Gasteiger partial charge in [-0.3, -0.25) is 0 Å². The van der Waals surface area contributed by atoms with Gasteiger partial charge >= 0.3 is 0 Å². The van der Waals surface area contributed by atoms with Crippen LogP contribution in [0.25, 0.3) is 17.0 Å². The smallest absolute Gasteiger partial charge is 0.172 e. The van der Waals surface area contributed by atoms with Crippen molar-refractivity contribution < 1.29 is 9.15 Å². The number of aromatic nitrogens is 1. The molecular weight excluding hydrogens is 274 g/mol. The molecular formula is C16H18ClNO2. The number of aromatic amines is 1. The van der Waals surface area contributed by atoms with Crippen LogP contribution in [0.15, 0.2) is 28.8 Å². The van der Waals surface area contributed by atoms with Gasteiger partial charge in [-0.25, -0.2) is 0 Å². The number of nitrogens with one attached hydrogen (secondary N) is 1. The first-order valence-electron chi connectivity index (χ1n) is 7.00. The summed E-state index contributed by atoms with van der Waals surface area (Å²) in [5, 5.41) is 0.655. The summed E-state index contributed by atoms with van der Waals surface area (Å²) in [6.07, 6.45) is 9.96. The summed E-state index contributed by atoms with van der Waals surface area (Å²) in [6.45, 7) is 0. The lowest BCUT2D eigenvalue weighted by atomic mass is 10.1. The van der Waals surface area contributed by atoms with Gasteiger partial charge < -0.3 is 14.1 Å². The maximum atomic E-state index is 6.14. The number of allylic oxidation sites excluding steroid dienone is 2. The lowest BCUT2D eigenvalue weighted by molar-refractivity contribution is 0.402. The third kappa shape index (κ3) is 2.50. The van der Waals surface area contributed by atoms with Gasteiger partial charge in [0.15, 0.2) is 17.3 Å². The van der Waals surface area contributed by atoms with Gasteiger partial charge in [0.2, 0.25) is 0 Å². The number of H-pyrrole nitrogens is 1. The molecule has 2 aromatic rings. The maximum Gasteiger partial charge on any atom is 0.172 e. The fourth-order valence-corrected chi connectivity index (χ4v) is 2.84. The van der Waals surface area contributed by atoms with E-state index in [-0.39, 0.29) is 0 Å². The summed E-state index contributed by atoms with van der Waals surface area (Å²) in [5.74, 6) is 2.34. The summed E-state index contributed by atoms with van der Waals surface area (Å²) in [7, 11) is 1.67. The molecule has 0 bridgehead atoms. The second-order valence-corrected chi connectivity index (χ2v) is 5.44. The van der Waals surface area contributed by atoms with Crippen molar-refractivity contribution >= 4 is 17.2 Å². The number of hydrogen-bond acceptors (Lipinski definition) is 2. The molecule has 0 radical (unpaired) electrons. The van der Waals surface area contributed by atoms with E-state index in [1.54, 1.807) is 13.3 Å². The zero-order valence-corrected chi connectivity index (χ0v) is 12.3. The van der Waals surface area contributed by atoms with Gasteiger partial charge in [0.1, 0.15) is 5.69 Å². The second-order valence-electron chi connectivity index (χ2n) is 5.04. The van der Waals surface area contributed by atoms with E-state index in [4.69, 9.17) is 20.8 Å². The summed E-state index contributed by atoms with van der Waals surface area (Å²) >= 11 is 6.14. The molecule has 2 heterocycles. The first kappa shape index (κ1) is 13.4. The van der Waals surface area contributed by atoms with Crippen LogP contribution in [0, 0.1) is 0 Å². The van der Waals surface area contributed by atoms with Gasteiger partial charge in [0.25, 0.3) is 0 Å². The quantitative estimate of drug-likeness (QED) is 0.835. The van der Waals surface area contributed by atoms with Crippen LogP contribution in [0.4, 0.5) is 0 Å². The molecule has 3 nitrogen and oxygen atoms in total. The van der Waals surface area contributed by atoms with E-state index in [2.05, 4.69) is 11.1 Å². The molecule has 0 atom stereocenters. The summed E-state index contributed by atoms with van der Waals surface area (Å²) < 4.78 is 11.5. The van der Waals surface area contributed by atoms with E-state index in [1.807, 2.05) is 12.1 Å². The fraction of sp³-hybridized carbons (Fsp3) is 0.375. The van der Waals surface area contributed by atoms with E-state index in [0.717, 1.165) is 35.8 Å². The van der Waals surface area contributed by atoms with Crippen LogP contribution >= 0.6 is 11.6 Å². The number of ether oxygens (including phenoxy) is 1. The van der Waals surface area contributed by atoms with Gasteiger partial charge in [-0.05, 0) is 37.3 Å². The van der Waals surface area contributed by atoms with Gasteiger partial charge in [-0.1, -0.05) is 24.1 Å². The van der Waals surface area contributed by atoms with Crippen LogP contribution in [-0.4, -0.2) is 12.1 Å². The predicted molar refractivity (Wildman–Crippen MR) is 81.1 cm³/mol. The molecule has 0 unspecified atom stereocenters. The van der Waals surface area contributed by atoms with Crippen LogP contribution in [0.3, 0.4) is 0 Å². The molecule has 0 amide bonds. The van der Waals surface area contributed by atoms with Gasteiger partial charge in [0.05, 0.1) is 12.1 Å². The maximum absolute atomic E-state index is 6.14. The first-order valence-corrected chi connectivity index (χ1v) is 7.38. The zero-order valence-electron chi connectivity index (χ0n) is 11.5. The van der Waals surface area contributed by atoms with Gasteiger partial charge in [-0.2, -0.15) is 0 Å². The topological polar surface area (TPSA) is 38.2 Å². The van der Waals surface area contributed by atoms with Crippen molar-refractivity contribution in [3.05, 3.63) is 35.2 Å². The third-order valence-corrected chi connectivity index (χ3v) is 4.01. The molecule has 0 fully saturated rings. The first-order chi connectivity index (χ1) is 9.79. The molecule has 0 spiro atoms. The average Bonchev–Trinajstić information content (AvgIpc) is 2.96. The minimum atomic E-state index is 0.655. The normalized spacial score (nSPS) is 15.8. The molecule has 1 N–H and O–H groups in total. The summed E-state index contributed by atoms with van der Waals surface area (Å²) in [5.41, 5.74) is 2.04. The molecule has 0 aliphatic heterocycles. The van der Waals surface area contributed by atoms with Crippen molar-refractivity contribution in [3.63, 3.8) is 0 Å². The van der Waals surface area contributed by atoms with Crippen molar-refractivity contribution in [2.45, 2.75) is 32.1 Å². The SMILES string of the molecule is COc1cc(-c2[nH]ccc2Cl)oc1C1=CCCCCC1. The number of hydrogen-bond donors (Lipinski definition) is 1. The van der Waals surface area contributed by atoms with Gasteiger partial charge in [-0.15, -0.1) is 0 Å². The molecule has 0 saturated heterocycles. The Bertz CT molecular complexity index is 624. The van der Waals surface area contributed by atoms with Crippen molar-refractivity contribution in [3.8, 4) is 17.2 Å². The standard InChI is InChI=1S/C16H18ClNO2/c1-19-14-10-13(15-12(17)8-9-18-15)20-16(14)11-6-4-2-3-5-7-11/h6,8-10,18H,2-5,7H2,1H3. The lowest BCUT2D eigenvalue weighted by Crippen LogP contribution is -1.87. The summed E-state index contributed by atoms with van der Waals surface area (Å²) in [6, 6.07) is 3.72. The molecule has 106 valence electrons. The molecule has 4 heteroatoms. The van der Waals surface area contributed by atoms with E-state index >= 15 is 0 Å². The largest absolute Gasteiger partial charge is 0.493 e. The number of methoxy groups -OCH3 is 1. The molecule has 1 aliphatic carbocycles. The molecule has 1 aliphatic rings. The van der Waals surface area contributed by atoms with E-state index in [0.29, 0.717) is 5.02 Å². The lowest BCUT2D eigenvalue weighted by Gasteiger charge is -2.04. The molecule has 0 saturated carbocycles. The van der Waals surface area contributed by atoms with E-state index in [1.165, 1.54) is 24.8 Å². The summed E-state index contributed by atoms with van der Waals surface area (Å²) in [4.78, 5) is 3.10. The van der Waals surface area contributed by atoms with Crippen LogP contribution in [0.2, 0.25) is 5.02 Å². The molecule has 0 aromatic carbocycles. The van der Waals surface area contributed by atoms with E-state index < -0.39 is 0 Å². The monoisotopic (exact) mass is 291 g/mol. The predicted octanol–water partition coefficient (Wildman–Crippen LogP) is 5.28. The Morgan fingerprint density at radius 3 is 2.95 bits per heavy atom. The Balaban J connectivity index is 2.01. The Kier molecular flexibility index (Phi) is 3.88. The number of rotatable bonds is 3. The van der Waals surface area contributed by atoms with Crippen molar-refractivity contribution in [2.24, 2.45) is 0 Å². The minimum Gasteiger partial charge on any atom is -0.493 e. The Labute approximate surface area is 123 Å². The average molecular weight is 292 g/mol.